The number of fused-ring (bicyclic) bond motifs is 3. The third-order valence-corrected chi connectivity index (χ3v) is 9.07. The van der Waals surface area contributed by atoms with E-state index in [0.717, 1.165) is 38.5 Å². The van der Waals surface area contributed by atoms with E-state index in [9.17, 15) is 20.1 Å². The highest BCUT2D eigenvalue weighted by Gasteiger charge is 2.70. The lowest BCUT2D eigenvalue weighted by atomic mass is 9.40. The molecule has 0 aromatic rings. The predicted molar refractivity (Wildman–Crippen MR) is 90.3 cm³/mol. The Labute approximate surface area is 144 Å². The Hall–Kier alpha value is -0.610. The highest BCUT2D eigenvalue weighted by molar-refractivity contribution is 5.75. The average Bonchev–Trinajstić information content (AvgIpc) is 2.68. The van der Waals surface area contributed by atoms with Crippen LogP contribution in [0.5, 0.6) is 0 Å². The highest BCUT2D eigenvalue weighted by Crippen LogP contribution is 2.72. The van der Waals surface area contributed by atoms with E-state index in [1.54, 1.807) is 0 Å². The molecular formula is C20H32O4. The molecule has 4 fully saturated rings. The number of aliphatic carboxylic acids is 1. The van der Waals surface area contributed by atoms with Crippen molar-refractivity contribution in [2.75, 3.05) is 0 Å². The number of hydrogen-bond acceptors (Lipinski definition) is 3. The van der Waals surface area contributed by atoms with Gasteiger partial charge in [-0.2, -0.15) is 0 Å². The molecule has 0 aromatic heterocycles. The maximum absolute atomic E-state index is 12.1. The van der Waals surface area contributed by atoms with E-state index in [2.05, 4.69) is 6.92 Å². The molecule has 0 amide bonds. The third-order valence-electron chi connectivity index (χ3n) is 9.07. The van der Waals surface area contributed by atoms with Crippen LogP contribution in [0.2, 0.25) is 0 Å². The number of aliphatic hydroxyl groups is 2. The van der Waals surface area contributed by atoms with Crippen molar-refractivity contribution in [3.63, 3.8) is 0 Å². The van der Waals surface area contributed by atoms with E-state index >= 15 is 0 Å². The van der Waals surface area contributed by atoms with Gasteiger partial charge in [0.05, 0.1) is 17.1 Å². The first-order valence-electron chi connectivity index (χ1n) is 9.70. The van der Waals surface area contributed by atoms with Crippen LogP contribution < -0.4 is 0 Å². The van der Waals surface area contributed by atoms with Crippen LogP contribution >= 0.6 is 0 Å². The lowest BCUT2D eigenvalue weighted by Gasteiger charge is -2.64. The molecule has 8 atom stereocenters. The van der Waals surface area contributed by atoms with Crippen molar-refractivity contribution >= 4 is 5.97 Å². The molecule has 24 heavy (non-hydrogen) atoms. The molecule has 4 nitrogen and oxygen atoms in total. The van der Waals surface area contributed by atoms with E-state index < -0.39 is 23.1 Å². The van der Waals surface area contributed by atoms with Crippen molar-refractivity contribution in [1.82, 2.24) is 0 Å². The molecule has 4 saturated carbocycles. The monoisotopic (exact) mass is 336 g/mol. The minimum atomic E-state index is -0.729. The molecule has 0 heterocycles. The molecular weight excluding hydrogens is 304 g/mol. The maximum atomic E-state index is 12.1. The zero-order chi connectivity index (χ0) is 17.5. The van der Waals surface area contributed by atoms with Crippen molar-refractivity contribution in [2.24, 2.45) is 34.0 Å². The highest BCUT2D eigenvalue weighted by atomic mass is 16.4. The summed E-state index contributed by atoms with van der Waals surface area (Å²) in [6.07, 6.45) is 6.48. The van der Waals surface area contributed by atoms with Gasteiger partial charge in [0.15, 0.2) is 0 Å². The summed E-state index contributed by atoms with van der Waals surface area (Å²) < 4.78 is 0. The fourth-order valence-electron chi connectivity index (χ4n) is 7.94. The minimum absolute atomic E-state index is 0.0315. The first-order valence-corrected chi connectivity index (χ1v) is 9.70. The van der Waals surface area contributed by atoms with Crippen molar-refractivity contribution in [3.8, 4) is 0 Å². The Morgan fingerprint density at radius 1 is 1.08 bits per heavy atom. The molecule has 136 valence electrons. The summed E-state index contributed by atoms with van der Waals surface area (Å²) in [4.78, 5) is 12.1. The Balaban J connectivity index is 1.79. The molecule has 3 N–H and O–H groups in total. The summed E-state index contributed by atoms with van der Waals surface area (Å²) in [6, 6.07) is 0. The third kappa shape index (κ3) is 1.85. The Morgan fingerprint density at radius 2 is 1.79 bits per heavy atom. The van der Waals surface area contributed by atoms with Crippen LogP contribution in [0.3, 0.4) is 0 Å². The number of hydrogen-bond donors (Lipinski definition) is 3. The van der Waals surface area contributed by atoms with Crippen molar-refractivity contribution in [1.29, 1.82) is 0 Å². The number of carboxylic acid groups (broad SMARTS) is 1. The van der Waals surface area contributed by atoms with Crippen LogP contribution in [0.4, 0.5) is 0 Å². The summed E-state index contributed by atoms with van der Waals surface area (Å²) in [5.74, 6) is -0.0430. The molecule has 0 saturated heterocycles. The quantitative estimate of drug-likeness (QED) is 0.687. The Kier molecular flexibility index (Phi) is 3.34. The van der Waals surface area contributed by atoms with Crippen molar-refractivity contribution < 1.29 is 20.1 Å². The van der Waals surface area contributed by atoms with Gasteiger partial charge in [-0.1, -0.05) is 13.3 Å². The Bertz CT molecular complexity index is 572. The predicted octanol–water partition coefficient (Wildman–Crippen LogP) is 3.21. The summed E-state index contributed by atoms with van der Waals surface area (Å²) in [7, 11) is 0. The van der Waals surface area contributed by atoms with Crippen LogP contribution in [0.15, 0.2) is 0 Å². The number of carbonyl (C=O) groups is 1. The Morgan fingerprint density at radius 3 is 2.46 bits per heavy atom. The van der Waals surface area contributed by atoms with Gasteiger partial charge in [0.25, 0.3) is 0 Å². The minimum Gasteiger partial charge on any atom is -0.481 e. The second kappa shape index (κ2) is 4.76. The van der Waals surface area contributed by atoms with E-state index in [1.165, 1.54) is 0 Å². The van der Waals surface area contributed by atoms with Crippen molar-refractivity contribution in [2.45, 2.75) is 83.8 Å². The molecule has 4 aliphatic carbocycles. The first-order chi connectivity index (χ1) is 11.1. The van der Waals surface area contributed by atoms with E-state index in [1.807, 2.05) is 13.8 Å². The van der Waals surface area contributed by atoms with Crippen LogP contribution in [-0.2, 0) is 4.79 Å². The second-order valence-corrected chi connectivity index (χ2v) is 10.2. The number of rotatable bonds is 1. The van der Waals surface area contributed by atoms with Gasteiger partial charge in [0.2, 0.25) is 0 Å². The smallest absolute Gasteiger partial charge is 0.309 e. The number of aliphatic hydroxyl groups excluding tert-OH is 1. The summed E-state index contributed by atoms with van der Waals surface area (Å²) in [5.41, 5.74) is -1.64. The van der Waals surface area contributed by atoms with E-state index in [-0.39, 0.29) is 22.7 Å². The van der Waals surface area contributed by atoms with Gasteiger partial charge in [-0.25, -0.2) is 0 Å². The molecule has 0 aliphatic heterocycles. The summed E-state index contributed by atoms with van der Waals surface area (Å²) in [5, 5.41) is 32.0. The molecule has 4 rings (SSSR count). The van der Waals surface area contributed by atoms with E-state index in [0.29, 0.717) is 18.8 Å². The van der Waals surface area contributed by atoms with Gasteiger partial charge in [-0.3, -0.25) is 4.79 Å². The first kappa shape index (κ1) is 16.8. The van der Waals surface area contributed by atoms with Crippen LogP contribution in [0.1, 0.15) is 72.1 Å². The molecule has 1 spiro atoms. The van der Waals surface area contributed by atoms with Crippen LogP contribution in [0, 0.1) is 34.0 Å². The van der Waals surface area contributed by atoms with Gasteiger partial charge in [-0.05, 0) is 82.0 Å². The summed E-state index contributed by atoms with van der Waals surface area (Å²) in [6.45, 7) is 6.14. The standard InChI is InChI=1S/C20H32O4/c1-17-7-4-8-18(2,16(22)23)14(17)9-15(21)20-10-12(5-6-13(17)20)19(3,24)11-20/h12-15,21,24H,4-11H2,1-3H3,(H,22,23)/t12-,13+,14+,15-,17+,18-,19-,20-/m1/s1. The van der Waals surface area contributed by atoms with E-state index in [4.69, 9.17) is 0 Å². The fraction of sp³-hybridized carbons (Fsp3) is 0.950. The van der Waals surface area contributed by atoms with Crippen LogP contribution in [0.25, 0.3) is 0 Å². The maximum Gasteiger partial charge on any atom is 0.309 e. The number of carboxylic acids is 1. The molecule has 0 aromatic carbocycles. The topological polar surface area (TPSA) is 77.8 Å². The molecule has 0 unspecified atom stereocenters. The summed E-state index contributed by atoms with van der Waals surface area (Å²) >= 11 is 0. The largest absolute Gasteiger partial charge is 0.481 e. The zero-order valence-corrected chi connectivity index (χ0v) is 15.2. The average molecular weight is 336 g/mol. The van der Waals surface area contributed by atoms with Gasteiger partial charge < -0.3 is 15.3 Å². The van der Waals surface area contributed by atoms with Crippen LogP contribution in [-0.4, -0.2) is 33.0 Å². The SMILES string of the molecule is C[C@@]12CCC[C@@](C)(C(=O)O)[C@H]1C[C@@H](O)[C@@]13C[C@@H](CC[C@@H]21)[C@](C)(O)C3. The second-order valence-electron chi connectivity index (χ2n) is 10.2. The van der Waals surface area contributed by atoms with Gasteiger partial charge in [-0.15, -0.1) is 0 Å². The molecule has 0 radical (unpaired) electrons. The molecule has 4 heteroatoms. The van der Waals surface area contributed by atoms with Gasteiger partial charge >= 0.3 is 5.97 Å². The molecule has 4 aliphatic rings. The lowest BCUT2D eigenvalue weighted by Crippen LogP contribution is -2.62. The van der Waals surface area contributed by atoms with Gasteiger partial charge in [0, 0.05) is 5.41 Å². The zero-order valence-electron chi connectivity index (χ0n) is 15.2. The normalized spacial score (nSPS) is 59.5. The lowest BCUT2D eigenvalue weighted by molar-refractivity contribution is -0.209. The van der Waals surface area contributed by atoms with Crippen molar-refractivity contribution in [3.05, 3.63) is 0 Å². The molecule has 2 bridgehead atoms. The fourth-order valence-corrected chi connectivity index (χ4v) is 7.94. The van der Waals surface area contributed by atoms with Gasteiger partial charge in [0.1, 0.15) is 0 Å².